The lowest BCUT2D eigenvalue weighted by atomic mass is 9.82. The van der Waals surface area contributed by atoms with Gasteiger partial charge in [-0.1, -0.05) is 320 Å². The Balaban J connectivity index is 0.000000143. The van der Waals surface area contributed by atoms with Gasteiger partial charge in [0.1, 0.15) is 0 Å². The molecular formula is C77H80. The average molecular weight is 1010 g/mol. The van der Waals surface area contributed by atoms with Crippen LogP contribution in [0.15, 0.2) is 243 Å². The van der Waals surface area contributed by atoms with Crippen LogP contribution in [0.2, 0.25) is 0 Å². The van der Waals surface area contributed by atoms with Gasteiger partial charge in [0.25, 0.3) is 0 Å². The summed E-state index contributed by atoms with van der Waals surface area (Å²) in [5.41, 5.74) is 27.6. The summed E-state index contributed by atoms with van der Waals surface area (Å²) in [6, 6.07) is 87.4. The highest BCUT2D eigenvalue weighted by molar-refractivity contribution is 5.82. The fourth-order valence-corrected chi connectivity index (χ4v) is 10.9. The molecule has 0 heterocycles. The first kappa shape index (κ1) is 55.4. The largest absolute Gasteiger partial charge is 0.0651 e. The van der Waals surface area contributed by atoms with Crippen molar-refractivity contribution in [3.05, 3.63) is 298 Å². The second kappa shape index (κ2) is 25.4. The Morgan fingerprint density at radius 2 is 0.688 bits per heavy atom. The molecule has 10 aromatic carbocycles. The van der Waals surface area contributed by atoms with Crippen molar-refractivity contribution in [1.29, 1.82) is 0 Å². The van der Waals surface area contributed by atoms with E-state index in [-0.39, 0.29) is 10.8 Å². The molecule has 2 aliphatic carbocycles. The minimum Gasteiger partial charge on any atom is -0.0651 e. The summed E-state index contributed by atoms with van der Waals surface area (Å²) in [6.07, 6.45) is 3.49. The van der Waals surface area contributed by atoms with E-state index in [4.69, 9.17) is 0 Å². The predicted molar refractivity (Wildman–Crippen MR) is 335 cm³/mol. The summed E-state index contributed by atoms with van der Waals surface area (Å²) < 4.78 is 0. The van der Waals surface area contributed by atoms with E-state index in [1.165, 1.54) is 124 Å². The highest BCUT2D eigenvalue weighted by atomic mass is 14.4. The lowest BCUT2D eigenvalue weighted by Gasteiger charge is -2.21. The zero-order valence-electron chi connectivity index (χ0n) is 47.8. The molecule has 12 rings (SSSR count). The Morgan fingerprint density at radius 3 is 1.09 bits per heavy atom. The normalized spacial score (nSPS) is 12.9. The molecule has 0 N–H and O–H groups in total. The van der Waals surface area contributed by atoms with Crippen LogP contribution in [-0.4, -0.2) is 0 Å². The van der Waals surface area contributed by atoms with Gasteiger partial charge in [-0.05, 0) is 135 Å². The van der Waals surface area contributed by atoms with Crippen molar-refractivity contribution in [2.24, 2.45) is 0 Å². The molecule has 0 amide bonds. The molecule has 0 radical (unpaired) electrons. The van der Waals surface area contributed by atoms with Gasteiger partial charge < -0.3 is 0 Å². The van der Waals surface area contributed by atoms with Gasteiger partial charge in [-0.2, -0.15) is 0 Å². The lowest BCUT2D eigenvalue weighted by Crippen LogP contribution is -2.14. The van der Waals surface area contributed by atoms with E-state index >= 15 is 0 Å². The number of fused-ring (bicyclic) bond motifs is 6. The number of hydrogen-bond acceptors (Lipinski definition) is 0. The molecule has 10 aromatic rings. The van der Waals surface area contributed by atoms with Crippen LogP contribution < -0.4 is 0 Å². The number of aryl methyl sites for hydroxylation is 5. The van der Waals surface area contributed by atoms with Crippen molar-refractivity contribution < 1.29 is 0 Å². The number of hydrogen-bond donors (Lipinski definition) is 0. The van der Waals surface area contributed by atoms with Crippen LogP contribution in [0.25, 0.3) is 55.6 Å². The van der Waals surface area contributed by atoms with Gasteiger partial charge in [0.2, 0.25) is 0 Å². The third-order valence-corrected chi connectivity index (χ3v) is 15.7. The molecule has 1 unspecified atom stereocenters. The van der Waals surface area contributed by atoms with Crippen molar-refractivity contribution in [2.45, 2.75) is 112 Å². The molecule has 0 aliphatic heterocycles. The van der Waals surface area contributed by atoms with Crippen LogP contribution in [0.3, 0.4) is 0 Å². The Bertz CT molecular complexity index is 3340. The molecule has 0 spiro atoms. The van der Waals surface area contributed by atoms with Crippen LogP contribution in [0, 0.1) is 27.7 Å². The Labute approximate surface area is 463 Å². The third kappa shape index (κ3) is 13.4. The van der Waals surface area contributed by atoms with Gasteiger partial charge in [-0.15, -0.1) is 0 Å². The summed E-state index contributed by atoms with van der Waals surface area (Å²) in [5.74, 6) is 0.598. The molecule has 388 valence electrons. The SMILES string of the molecule is CCCc1cccc(-c2ccc(-c3ccc(-c4cccc(C(C)CC)c4)cc3)cc2)c1.Cc1ccc2c(c1)C(C)(C)c1ccccc1-2.Cc1ccc2c(c1)C(C)(C)c1ccccc1-2.Cc1ccccc1.Cc1ccccc1. The molecule has 0 heteroatoms. The van der Waals surface area contributed by atoms with Crippen LogP contribution in [-0.2, 0) is 17.3 Å². The van der Waals surface area contributed by atoms with E-state index < -0.39 is 0 Å². The molecule has 2 aliphatic rings. The minimum atomic E-state index is 0.151. The summed E-state index contributed by atoms with van der Waals surface area (Å²) in [7, 11) is 0. The molecule has 0 aromatic heterocycles. The van der Waals surface area contributed by atoms with Gasteiger partial charge in [-0.25, -0.2) is 0 Å². The maximum atomic E-state index is 2.34. The van der Waals surface area contributed by atoms with Crippen LogP contribution >= 0.6 is 0 Å². The molecule has 0 fully saturated rings. The monoisotopic (exact) mass is 1000 g/mol. The molecule has 0 saturated carbocycles. The topological polar surface area (TPSA) is 0 Å². The van der Waals surface area contributed by atoms with E-state index in [9.17, 15) is 0 Å². The van der Waals surface area contributed by atoms with E-state index in [2.05, 4.69) is 282 Å². The zero-order chi connectivity index (χ0) is 54.5. The average Bonchev–Trinajstić information content (AvgIpc) is 3.91. The number of benzene rings is 10. The van der Waals surface area contributed by atoms with Gasteiger partial charge in [0.05, 0.1) is 0 Å². The van der Waals surface area contributed by atoms with Crippen molar-refractivity contribution in [2.75, 3.05) is 0 Å². The maximum Gasteiger partial charge on any atom is 0.0158 e. The zero-order valence-corrected chi connectivity index (χ0v) is 47.8. The first-order valence-corrected chi connectivity index (χ1v) is 28.0. The second-order valence-electron chi connectivity index (χ2n) is 22.3. The predicted octanol–water partition coefficient (Wildman–Crippen LogP) is 21.7. The lowest BCUT2D eigenvalue weighted by molar-refractivity contribution is 0.659. The van der Waals surface area contributed by atoms with Gasteiger partial charge in [0, 0.05) is 10.8 Å². The molecule has 77 heavy (non-hydrogen) atoms. The highest BCUT2D eigenvalue weighted by Gasteiger charge is 2.36. The maximum absolute atomic E-state index is 2.34. The second-order valence-corrected chi connectivity index (χ2v) is 22.3. The molecule has 0 nitrogen and oxygen atoms in total. The van der Waals surface area contributed by atoms with Gasteiger partial charge in [0.15, 0.2) is 0 Å². The van der Waals surface area contributed by atoms with Crippen molar-refractivity contribution >= 4 is 0 Å². The van der Waals surface area contributed by atoms with Crippen molar-refractivity contribution in [3.8, 4) is 55.6 Å². The van der Waals surface area contributed by atoms with Crippen LogP contribution in [0.1, 0.15) is 123 Å². The molecule has 0 bridgehead atoms. The smallest absolute Gasteiger partial charge is 0.0158 e. The summed E-state index contributed by atoms with van der Waals surface area (Å²) in [6.45, 7) is 24.5. The van der Waals surface area contributed by atoms with Gasteiger partial charge >= 0.3 is 0 Å². The van der Waals surface area contributed by atoms with Crippen molar-refractivity contribution in [3.63, 3.8) is 0 Å². The van der Waals surface area contributed by atoms with Crippen molar-refractivity contribution in [1.82, 2.24) is 0 Å². The molecular weight excluding hydrogens is 925 g/mol. The van der Waals surface area contributed by atoms with E-state index in [0.29, 0.717) is 5.92 Å². The van der Waals surface area contributed by atoms with Crippen LogP contribution in [0.4, 0.5) is 0 Å². The summed E-state index contributed by atoms with van der Waals surface area (Å²) in [5, 5.41) is 0. The first-order valence-electron chi connectivity index (χ1n) is 28.0. The number of rotatable bonds is 7. The molecule has 1 atom stereocenters. The fraction of sp³-hybridized carbons (Fsp3) is 0.221. The Kier molecular flexibility index (Phi) is 18.3. The molecule has 0 saturated heterocycles. The standard InChI is InChI=1S/C31H32.2C16H16.2C7H8/c1-4-8-24-9-6-11-30(21-24)27-17-13-25(14-18-27)26-15-19-28(20-16-26)31-12-7-10-29(22-31)23(3)5-2;2*1-11-8-9-13-12-6-4-5-7-14(12)16(2,3)15(13)10-11;2*1-7-5-3-2-4-6-7/h6-7,9-23H,4-5,8H2,1-3H3;2*4-10H,1-3H3;2*2-6H,1H3. The quantitative estimate of drug-likeness (QED) is 0.149. The fourth-order valence-electron chi connectivity index (χ4n) is 10.9. The van der Waals surface area contributed by atoms with Gasteiger partial charge in [-0.3, -0.25) is 0 Å². The van der Waals surface area contributed by atoms with E-state index in [1.54, 1.807) is 0 Å². The minimum absolute atomic E-state index is 0.151. The summed E-state index contributed by atoms with van der Waals surface area (Å²) in [4.78, 5) is 0. The van der Waals surface area contributed by atoms with E-state index in [1.807, 2.05) is 36.4 Å². The Morgan fingerprint density at radius 1 is 0.312 bits per heavy atom. The van der Waals surface area contributed by atoms with E-state index in [0.717, 1.165) is 6.42 Å². The highest BCUT2D eigenvalue weighted by Crippen LogP contribution is 2.50. The Hall–Kier alpha value is -7.80. The van der Waals surface area contributed by atoms with Crippen LogP contribution in [0.5, 0.6) is 0 Å². The first-order chi connectivity index (χ1) is 37.2. The third-order valence-electron chi connectivity index (χ3n) is 15.7. The summed E-state index contributed by atoms with van der Waals surface area (Å²) >= 11 is 0.